The van der Waals surface area contributed by atoms with Crippen molar-refractivity contribution in [3.05, 3.63) is 56.4 Å². The molecule has 0 saturated heterocycles. The number of aliphatic hydroxyl groups excluding tert-OH is 1. The Morgan fingerprint density at radius 1 is 1.38 bits per heavy atom. The van der Waals surface area contributed by atoms with Crippen molar-refractivity contribution < 1.29 is 9.84 Å². The average molecular weight is 323 g/mol. The van der Waals surface area contributed by atoms with Gasteiger partial charge in [0.25, 0.3) is 5.56 Å². The van der Waals surface area contributed by atoms with E-state index in [1.54, 1.807) is 24.3 Å². The number of thiophene rings is 1. The summed E-state index contributed by atoms with van der Waals surface area (Å²) in [6.07, 6.45) is 0. The first-order valence-corrected chi connectivity index (χ1v) is 7.42. The van der Waals surface area contributed by atoms with Crippen molar-refractivity contribution in [3.8, 4) is 5.75 Å². The molecule has 2 N–H and O–H groups in total. The molecule has 7 heteroatoms. The number of benzene rings is 1. The van der Waals surface area contributed by atoms with Gasteiger partial charge in [-0.25, -0.2) is 4.98 Å². The van der Waals surface area contributed by atoms with E-state index in [1.807, 2.05) is 5.38 Å². The Morgan fingerprint density at radius 3 is 3.05 bits per heavy atom. The molecule has 1 aromatic carbocycles. The first-order chi connectivity index (χ1) is 10.2. The zero-order valence-corrected chi connectivity index (χ0v) is 12.4. The fourth-order valence-electron chi connectivity index (χ4n) is 1.96. The minimum Gasteiger partial charge on any atom is -0.485 e. The molecule has 0 saturated carbocycles. The number of aromatic nitrogens is 2. The number of H-pyrrole nitrogens is 1. The van der Waals surface area contributed by atoms with Crippen LogP contribution >= 0.6 is 22.9 Å². The maximum absolute atomic E-state index is 11.8. The second kappa shape index (κ2) is 5.85. The van der Waals surface area contributed by atoms with E-state index in [0.29, 0.717) is 32.4 Å². The molecule has 0 aliphatic heterocycles. The maximum Gasteiger partial charge on any atom is 0.268 e. The third-order valence-electron chi connectivity index (χ3n) is 2.96. The van der Waals surface area contributed by atoms with Crippen molar-refractivity contribution in [1.29, 1.82) is 0 Å². The van der Waals surface area contributed by atoms with E-state index in [9.17, 15) is 9.90 Å². The van der Waals surface area contributed by atoms with Gasteiger partial charge in [-0.05, 0) is 23.6 Å². The van der Waals surface area contributed by atoms with Gasteiger partial charge in [-0.15, -0.1) is 11.3 Å². The van der Waals surface area contributed by atoms with Crippen LogP contribution in [0.5, 0.6) is 5.75 Å². The van der Waals surface area contributed by atoms with Crippen LogP contribution in [0, 0.1) is 0 Å². The molecule has 0 aliphatic carbocycles. The Balaban J connectivity index is 1.87. The van der Waals surface area contributed by atoms with E-state index in [0.717, 1.165) is 0 Å². The van der Waals surface area contributed by atoms with Crippen LogP contribution in [0.2, 0.25) is 5.02 Å². The summed E-state index contributed by atoms with van der Waals surface area (Å²) in [6, 6.07) is 6.91. The topological polar surface area (TPSA) is 75.2 Å². The van der Waals surface area contributed by atoms with Crippen LogP contribution in [0.4, 0.5) is 0 Å². The van der Waals surface area contributed by atoms with Gasteiger partial charge < -0.3 is 14.8 Å². The molecule has 0 amide bonds. The maximum atomic E-state index is 11.8. The molecule has 108 valence electrons. The lowest BCUT2D eigenvalue weighted by Crippen LogP contribution is -2.12. The first kappa shape index (κ1) is 14.1. The summed E-state index contributed by atoms with van der Waals surface area (Å²) in [6.45, 7) is -0.128. The number of aliphatic hydroxyl groups is 1. The van der Waals surface area contributed by atoms with Gasteiger partial charge in [0.2, 0.25) is 0 Å². The molecule has 0 bridgehead atoms. The second-order valence-electron chi connectivity index (χ2n) is 4.31. The fourth-order valence-corrected chi connectivity index (χ4v) is 2.91. The van der Waals surface area contributed by atoms with E-state index >= 15 is 0 Å². The summed E-state index contributed by atoms with van der Waals surface area (Å²) in [5, 5.41) is 11.6. The number of ether oxygens (including phenoxy) is 1. The molecule has 3 aromatic rings. The van der Waals surface area contributed by atoms with Gasteiger partial charge in [-0.3, -0.25) is 4.79 Å². The minimum atomic E-state index is -0.220. The van der Waals surface area contributed by atoms with Crippen molar-refractivity contribution in [2.45, 2.75) is 13.2 Å². The van der Waals surface area contributed by atoms with Crippen molar-refractivity contribution in [2.24, 2.45) is 0 Å². The van der Waals surface area contributed by atoms with Crippen LogP contribution in [0.25, 0.3) is 10.2 Å². The Morgan fingerprint density at radius 2 is 2.24 bits per heavy atom. The zero-order valence-electron chi connectivity index (χ0n) is 10.8. The molecule has 0 atom stereocenters. The molecule has 0 spiro atoms. The number of hydrogen-bond acceptors (Lipinski definition) is 5. The van der Waals surface area contributed by atoms with Gasteiger partial charge in [-0.2, -0.15) is 0 Å². The predicted octanol–water partition coefficient (Wildman–Crippen LogP) is 2.71. The number of halogens is 1. The summed E-state index contributed by atoms with van der Waals surface area (Å²) >= 11 is 7.34. The molecule has 3 rings (SSSR count). The lowest BCUT2D eigenvalue weighted by Gasteiger charge is -2.10. The van der Waals surface area contributed by atoms with Gasteiger partial charge in [0.15, 0.2) is 0 Å². The van der Waals surface area contributed by atoms with Crippen LogP contribution < -0.4 is 10.3 Å². The van der Waals surface area contributed by atoms with Gasteiger partial charge in [-0.1, -0.05) is 17.7 Å². The third-order valence-corrected chi connectivity index (χ3v) is 4.22. The van der Waals surface area contributed by atoms with Crippen LogP contribution in [-0.4, -0.2) is 15.1 Å². The zero-order chi connectivity index (χ0) is 14.8. The summed E-state index contributed by atoms with van der Waals surface area (Å²) < 4.78 is 6.20. The number of nitrogens with zero attached hydrogens (tertiary/aromatic N) is 1. The minimum absolute atomic E-state index is 0.0916. The summed E-state index contributed by atoms with van der Waals surface area (Å²) in [5.74, 6) is 0.896. The average Bonchev–Trinajstić information content (AvgIpc) is 2.94. The van der Waals surface area contributed by atoms with E-state index in [1.165, 1.54) is 11.3 Å². The second-order valence-corrected chi connectivity index (χ2v) is 5.63. The van der Waals surface area contributed by atoms with Crippen molar-refractivity contribution in [3.63, 3.8) is 0 Å². The molecule has 0 fully saturated rings. The molecule has 0 radical (unpaired) electrons. The van der Waals surface area contributed by atoms with Gasteiger partial charge in [0, 0.05) is 10.6 Å². The highest BCUT2D eigenvalue weighted by molar-refractivity contribution is 7.17. The molecular formula is C14H11ClN2O3S. The van der Waals surface area contributed by atoms with Crippen molar-refractivity contribution in [2.75, 3.05) is 0 Å². The molecule has 5 nitrogen and oxygen atoms in total. The predicted molar refractivity (Wildman–Crippen MR) is 81.9 cm³/mol. The molecular weight excluding hydrogens is 312 g/mol. The van der Waals surface area contributed by atoms with E-state index in [2.05, 4.69) is 9.97 Å². The Bertz CT molecular complexity index is 844. The Kier molecular flexibility index (Phi) is 3.92. The standard InChI is InChI=1S/C14H11ClN2O3S/c15-9-2-1-3-11(8(9)6-18)20-7-12-16-10-4-5-21-13(10)14(19)17-12/h1-5,18H,6-7H2,(H,16,17,19). The number of nitrogens with one attached hydrogen (secondary N) is 1. The quantitative estimate of drug-likeness (QED) is 0.774. The van der Waals surface area contributed by atoms with Gasteiger partial charge in [0.05, 0.1) is 12.1 Å². The van der Waals surface area contributed by atoms with Crippen LogP contribution in [0.15, 0.2) is 34.4 Å². The fraction of sp³-hybridized carbons (Fsp3) is 0.143. The number of hydrogen-bond donors (Lipinski definition) is 2. The number of aromatic amines is 1. The summed E-state index contributed by atoms with van der Waals surface area (Å²) in [4.78, 5) is 18.9. The monoisotopic (exact) mass is 322 g/mol. The molecule has 21 heavy (non-hydrogen) atoms. The normalized spacial score (nSPS) is 11.0. The largest absolute Gasteiger partial charge is 0.485 e. The van der Waals surface area contributed by atoms with E-state index in [4.69, 9.17) is 16.3 Å². The van der Waals surface area contributed by atoms with Crippen LogP contribution in [-0.2, 0) is 13.2 Å². The van der Waals surface area contributed by atoms with Crippen LogP contribution in [0.1, 0.15) is 11.4 Å². The Hall–Kier alpha value is -1.89. The summed E-state index contributed by atoms with van der Waals surface area (Å²) in [5.41, 5.74) is 0.982. The summed E-state index contributed by atoms with van der Waals surface area (Å²) in [7, 11) is 0. The number of fused-ring (bicyclic) bond motifs is 1. The van der Waals surface area contributed by atoms with Gasteiger partial charge >= 0.3 is 0 Å². The van der Waals surface area contributed by atoms with E-state index in [-0.39, 0.29) is 18.8 Å². The SMILES string of the molecule is O=c1[nH]c(COc2cccc(Cl)c2CO)nc2ccsc12. The van der Waals surface area contributed by atoms with Crippen molar-refractivity contribution in [1.82, 2.24) is 9.97 Å². The third kappa shape index (κ3) is 2.78. The highest BCUT2D eigenvalue weighted by atomic mass is 35.5. The Labute approximate surface area is 128 Å². The molecule has 0 unspecified atom stereocenters. The number of rotatable bonds is 4. The van der Waals surface area contributed by atoms with Crippen LogP contribution in [0.3, 0.4) is 0 Å². The lowest BCUT2D eigenvalue weighted by molar-refractivity contribution is 0.256. The highest BCUT2D eigenvalue weighted by Gasteiger charge is 2.09. The molecule has 2 heterocycles. The molecule has 2 aromatic heterocycles. The first-order valence-electron chi connectivity index (χ1n) is 6.16. The van der Waals surface area contributed by atoms with E-state index < -0.39 is 0 Å². The smallest absolute Gasteiger partial charge is 0.268 e. The van der Waals surface area contributed by atoms with Crippen molar-refractivity contribution >= 4 is 33.2 Å². The highest BCUT2D eigenvalue weighted by Crippen LogP contribution is 2.26. The van der Waals surface area contributed by atoms with Gasteiger partial charge in [0.1, 0.15) is 22.9 Å². The lowest BCUT2D eigenvalue weighted by atomic mass is 10.2. The molecule has 0 aliphatic rings.